The number of rotatable bonds is 6. The van der Waals surface area contributed by atoms with E-state index in [1.165, 1.54) is 11.3 Å². The monoisotopic (exact) mass is 298 g/mol. The van der Waals surface area contributed by atoms with Gasteiger partial charge in [-0.1, -0.05) is 6.07 Å². The lowest BCUT2D eigenvalue weighted by Crippen LogP contribution is -2.25. The van der Waals surface area contributed by atoms with E-state index in [1.807, 2.05) is 24.4 Å². The summed E-state index contributed by atoms with van der Waals surface area (Å²) in [5.41, 5.74) is 3.10. The zero-order chi connectivity index (χ0) is 13.7. The van der Waals surface area contributed by atoms with E-state index in [1.54, 1.807) is 18.4 Å². The van der Waals surface area contributed by atoms with Crippen molar-refractivity contribution in [3.63, 3.8) is 0 Å². The highest BCUT2D eigenvalue weighted by atomic mass is 32.1. The standard InChI is InChI=1S/C12H14N2O3S2/c1-8-10(11(15)14-17-6-5-16-2)19-12(13-8)9-4-3-7-18-9/h3-4,7H,5-6H2,1-2H3,(H,14,15). The lowest BCUT2D eigenvalue weighted by molar-refractivity contribution is 0.00910. The summed E-state index contributed by atoms with van der Waals surface area (Å²) in [6, 6.07) is 3.95. The first-order valence-corrected chi connectivity index (χ1v) is 7.34. The molecule has 0 unspecified atom stereocenters. The molecule has 0 fully saturated rings. The van der Waals surface area contributed by atoms with E-state index in [0.29, 0.717) is 23.8 Å². The Morgan fingerprint density at radius 1 is 1.47 bits per heavy atom. The van der Waals surface area contributed by atoms with Crippen molar-refractivity contribution in [3.8, 4) is 9.88 Å². The Balaban J connectivity index is 2.02. The number of hydrogen-bond acceptors (Lipinski definition) is 6. The van der Waals surface area contributed by atoms with Gasteiger partial charge in [-0.3, -0.25) is 9.63 Å². The number of nitrogens with zero attached hydrogens (tertiary/aromatic N) is 1. The van der Waals surface area contributed by atoms with Crippen molar-refractivity contribution in [1.29, 1.82) is 0 Å². The van der Waals surface area contributed by atoms with Crippen molar-refractivity contribution in [1.82, 2.24) is 10.5 Å². The highest BCUT2D eigenvalue weighted by Crippen LogP contribution is 2.30. The Hall–Kier alpha value is -1.28. The molecule has 0 saturated heterocycles. The lowest BCUT2D eigenvalue weighted by Gasteiger charge is -2.03. The van der Waals surface area contributed by atoms with Crippen LogP contribution in [0.1, 0.15) is 15.4 Å². The second-order valence-corrected chi connectivity index (χ2v) is 5.63. The highest BCUT2D eigenvalue weighted by molar-refractivity contribution is 7.22. The predicted octanol–water partition coefficient (Wildman–Crippen LogP) is 2.49. The first-order valence-electron chi connectivity index (χ1n) is 5.64. The molecule has 7 heteroatoms. The van der Waals surface area contributed by atoms with Crippen LogP contribution < -0.4 is 5.48 Å². The summed E-state index contributed by atoms with van der Waals surface area (Å²) in [5.74, 6) is -0.270. The Kier molecular flexibility index (Phi) is 5.03. The van der Waals surface area contributed by atoms with Gasteiger partial charge in [0.25, 0.3) is 5.91 Å². The van der Waals surface area contributed by atoms with Gasteiger partial charge in [0, 0.05) is 7.11 Å². The number of amides is 1. The number of aromatic nitrogens is 1. The average molecular weight is 298 g/mol. The van der Waals surface area contributed by atoms with Gasteiger partial charge in [-0.05, 0) is 18.4 Å². The van der Waals surface area contributed by atoms with Crippen LogP contribution in [0.15, 0.2) is 17.5 Å². The van der Waals surface area contributed by atoms with Gasteiger partial charge in [-0.15, -0.1) is 22.7 Å². The molecule has 0 saturated carbocycles. The van der Waals surface area contributed by atoms with Gasteiger partial charge in [0.15, 0.2) is 0 Å². The fraction of sp³-hybridized carbons (Fsp3) is 0.333. The van der Waals surface area contributed by atoms with Gasteiger partial charge in [-0.25, -0.2) is 10.5 Å². The number of carbonyl (C=O) groups is 1. The van der Waals surface area contributed by atoms with Gasteiger partial charge in [-0.2, -0.15) is 0 Å². The zero-order valence-corrected chi connectivity index (χ0v) is 12.3. The fourth-order valence-corrected chi connectivity index (χ4v) is 3.15. The first kappa shape index (κ1) is 14.1. The molecule has 0 aromatic carbocycles. The number of nitrogens with one attached hydrogen (secondary N) is 1. The molecule has 0 radical (unpaired) electrons. The molecule has 0 bridgehead atoms. The number of hydrogen-bond donors (Lipinski definition) is 1. The first-order chi connectivity index (χ1) is 9.22. The van der Waals surface area contributed by atoms with Crippen LogP contribution in [0, 0.1) is 6.92 Å². The van der Waals surface area contributed by atoms with Crippen LogP contribution in [-0.4, -0.2) is 31.2 Å². The number of thiazole rings is 1. The number of carbonyl (C=O) groups excluding carboxylic acids is 1. The Morgan fingerprint density at radius 3 is 3.00 bits per heavy atom. The molecule has 0 aliphatic carbocycles. The Bertz CT molecular complexity index is 537. The third-order valence-electron chi connectivity index (χ3n) is 2.29. The van der Waals surface area contributed by atoms with Gasteiger partial charge in [0.05, 0.1) is 23.8 Å². The number of aryl methyl sites for hydroxylation is 1. The molecule has 19 heavy (non-hydrogen) atoms. The van der Waals surface area contributed by atoms with Gasteiger partial charge >= 0.3 is 0 Å². The topological polar surface area (TPSA) is 60.5 Å². The van der Waals surface area contributed by atoms with Crippen LogP contribution >= 0.6 is 22.7 Å². The molecule has 0 aliphatic rings. The number of ether oxygens (including phenoxy) is 1. The quantitative estimate of drug-likeness (QED) is 0.657. The second kappa shape index (κ2) is 6.76. The summed E-state index contributed by atoms with van der Waals surface area (Å²) >= 11 is 2.97. The van der Waals surface area contributed by atoms with Crippen molar-refractivity contribution in [2.45, 2.75) is 6.92 Å². The van der Waals surface area contributed by atoms with E-state index in [4.69, 9.17) is 9.57 Å². The Morgan fingerprint density at radius 2 is 2.32 bits per heavy atom. The zero-order valence-electron chi connectivity index (χ0n) is 10.6. The average Bonchev–Trinajstić information content (AvgIpc) is 3.03. The lowest BCUT2D eigenvalue weighted by atomic mass is 10.4. The molecule has 1 N–H and O–H groups in total. The molecule has 2 rings (SSSR count). The smallest absolute Gasteiger partial charge is 0.286 e. The van der Waals surface area contributed by atoms with Gasteiger partial charge in [0.1, 0.15) is 9.88 Å². The summed E-state index contributed by atoms with van der Waals surface area (Å²) < 4.78 is 4.82. The number of thiophene rings is 1. The predicted molar refractivity (Wildman–Crippen MR) is 75.5 cm³/mol. The molecule has 0 aliphatic heterocycles. The largest absolute Gasteiger partial charge is 0.382 e. The van der Waals surface area contributed by atoms with E-state index >= 15 is 0 Å². The fourth-order valence-electron chi connectivity index (χ4n) is 1.40. The molecule has 2 aromatic heterocycles. The van der Waals surface area contributed by atoms with E-state index in [0.717, 1.165) is 9.88 Å². The number of hydroxylamine groups is 1. The minimum absolute atomic E-state index is 0.270. The van der Waals surface area contributed by atoms with Crippen LogP contribution in [0.5, 0.6) is 0 Å². The van der Waals surface area contributed by atoms with Crippen molar-refractivity contribution in [3.05, 3.63) is 28.1 Å². The molecule has 5 nitrogen and oxygen atoms in total. The van der Waals surface area contributed by atoms with Gasteiger partial charge < -0.3 is 4.74 Å². The molecule has 1 amide bonds. The summed E-state index contributed by atoms with van der Waals surface area (Å²) in [5, 5.41) is 2.84. The van der Waals surface area contributed by atoms with Crippen molar-refractivity contribution < 1.29 is 14.4 Å². The minimum atomic E-state index is -0.270. The van der Waals surface area contributed by atoms with Crippen LogP contribution in [-0.2, 0) is 9.57 Å². The molecule has 2 aromatic rings. The van der Waals surface area contributed by atoms with E-state index in [-0.39, 0.29) is 5.91 Å². The summed E-state index contributed by atoms with van der Waals surface area (Å²) in [6.07, 6.45) is 0. The van der Waals surface area contributed by atoms with Gasteiger partial charge in [0.2, 0.25) is 0 Å². The molecule has 2 heterocycles. The maximum absolute atomic E-state index is 11.9. The molecular formula is C12H14N2O3S2. The maximum Gasteiger partial charge on any atom is 0.286 e. The third kappa shape index (κ3) is 3.60. The Labute approximate surface area is 119 Å². The number of methoxy groups -OCH3 is 1. The third-order valence-corrected chi connectivity index (χ3v) is 4.48. The van der Waals surface area contributed by atoms with E-state index in [2.05, 4.69) is 10.5 Å². The van der Waals surface area contributed by atoms with E-state index < -0.39 is 0 Å². The molecule has 0 atom stereocenters. The van der Waals surface area contributed by atoms with Crippen LogP contribution in [0.4, 0.5) is 0 Å². The van der Waals surface area contributed by atoms with Crippen LogP contribution in [0.3, 0.4) is 0 Å². The van der Waals surface area contributed by atoms with Crippen molar-refractivity contribution >= 4 is 28.6 Å². The summed E-state index contributed by atoms with van der Waals surface area (Å²) in [6.45, 7) is 2.57. The second-order valence-electron chi connectivity index (χ2n) is 3.68. The molecular weight excluding hydrogens is 284 g/mol. The van der Waals surface area contributed by atoms with Crippen LogP contribution in [0.25, 0.3) is 9.88 Å². The van der Waals surface area contributed by atoms with E-state index in [9.17, 15) is 4.79 Å². The van der Waals surface area contributed by atoms with Crippen molar-refractivity contribution in [2.24, 2.45) is 0 Å². The maximum atomic E-state index is 11.9. The summed E-state index contributed by atoms with van der Waals surface area (Å²) in [7, 11) is 1.58. The normalized spacial score (nSPS) is 10.6. The highest BCUT2D eigenvalue weighted by Gasteiger charge is 2.16. The molecule has 102 valence electrons. The minimum Gasteiger partial charge on any atom is -0.382 e. The SMILES string of the molecule is COCCONC(=O)c1sc(-c2cccs2)nc1C. The summed E-state index contributed by atoms with van der Waals surface area (Å²) in [4.78, 5) is 22.9. The van der Waals surface area contributed by atoms with Crippen LogP contribution in [0.2, 0.25) is 0 Å². The van der Waals surface area contributed by atoms with Crippen molar-refractivity contribution in [2.75, 3.05) is 20.3 Å². The molecule has 0 spiro atoms.